The highest BCUT2D eigenvalue weighted by Gasteiger charge is 2.53. The van der Waals surface area contributed by atoms with Crippen LogP contribution in [-0.2, 0) is 0 Å². The fourth-order valence-corrected chi connectivity index (χ4v) is 5.74. The van der Waals surface area contributed by atoms with Gasteiger partial charge in [-0.05, 0) is 49.5 Å². The maximum atomic E-state index is 5.98. The van der Waals surface area contributed by atoms with Crippen molar-refractivity contribution in [3.8, 4) is 11.5 Å². The SMILES string of the molecule is Nc1cc(N2C[C@@H](c3ccc4c(c3)OCO4)[C@@H]3[C@H]2C2CCN3CC2)nc(N)n1. The molecule has 1 aromatic carbocycles. The van der Waals surface area contributed by atoms with E-state index in [1.54, 1.807) is 0 Å². The summed E-state index contributed by atoms with van der Waals surface area (Å²) in [6, 6.07) is 9.11. The van der Waals surface area contributed by atoms with Crippen molar-refractivity contribution in [2.75, 3.05) is 42.8 Å². The van der Waals surface area contributed by atoms with Gasteiger partial charge in [-0.15, -0.1) is 0 Å². The smallest absolute Gasteiger partial charge is 0.231 e. The monoisotopic (exact) mass is 380 g/mol. The predicted octanol–water partition coefficient (Wildman–Crippen LogP) is 1.44. The number of piperidine rings is 3. The summed E-state index contributed by atoms with van der Waals surface area (Å²) in [5, 5.41) is 0. The molecule has 1 aromatic heterocycles. The Morgan fingerprint density at radius 1 is 0.964 bits per heavy atom. The molecule has 0 spiro atoms. The molecule has 4 saturated heterocycles. The van der Waals surface area contributed by atoms with Crippen molar-refractivity contribution in [1.29, 1.82) is 0 Å². The predicted molar refractivity (Wildman–Crippen MR) is 105 cm³/mol. The van der Waals surface area contributed by atoms with E-state index in [-0.39, 0.29) is 5.95 Å². The number of anilines is 3. The molecule has 8 nitrogen and oxygen atoms in total. The Bertz CT molecular complexity index is 909. The van der Waals surface area contributed by atoms with Gasteiger partial charge in [-0.25, -0.2) is 0 Å². The van der Waals surface area contributed by atoms with Gasteiger partial charge in [0.25, 0.3) is 0 Å². The summed E-state index contributed by atoms with van der Waals surface area (Å²) in [7, 11) is 0. The maximum Gasteiger partial charge on any atom is 0.231 e. The molecule has 0 unspecified atom stereocenters. The van der Waals surface area contributed by atoms with E-state index < -0.39 is 0 Å². The highest BCUT2D eigenvalue weighted by atomic mass is 16.7. The van der Waals surface area contributed by atoms with Crippen molar-refractivity contribution >= 4 is 17.6 Å². The lowest BCUT2D eigenvalue weighted by atomic mass is 9.75. The Hall–Kier alpha value is -2.74. The summed E-state index contributed by atoms with van der Waals surface area (Å²) < 4.78 is 11.1. The van der Waals surface area contributed by atoms with Crippen molar-refractivity contribution in [2.24, 2.45) is 5.92 Å². The van der Waals surface area contributed by atoms with E-state index in [0.717, 1.165) is 23.9 Å². The molecule has 7 rings (SSSR count). The van der Waals surface area contributed by atoms with Crippen LogP contribution < -0.4 is 25.8 Å². The third kappa shape index (κ3) is 2.33. The van der Waals surface area contributed by atoms with Crippen molar-refractivity contribution in [3.05, 3.63) is 29.8 Å². The van der Waals surface area contributed by atoms with Crippen LogP contribution in [0.2, 0.25) is 0 Å². The molecule has 5 aliphatic heterocycles. The van der Waals surface area contributed by atoms with Crippen molar-refractivity contribution < 1.29 is 9.47 Å². The molecule has 8 heteroatoms. The van der Waals surface area contributed by atoms with E-state index >= 15 is 0 Å². The van der Waals surface area contributed by atoms with Gasteiger partial charge in [0.2, 0.25) is 12.7 Å². The molecule has 4 N–H and O–H groups in total. The average molecular weight is 380 g/mol. The summed E-state index contributed by atoms with van der Waals surface area (Å²) in [6.07, 6.45) is 2.48. The Kier molecular flexibility index (Phi) is 3.41. The molecule has 0 radical (unpaired) electrons. The highest BCUT2D eigenvalue weighted by molar-refractivity contribution is 5.55. The number of nitrogens with zero attached hydrogens (tertiary/aromatic N) is 4. The topological polar surface area (TPSA) is 103 Å². The number of aromatic nitrogens is 2. The van der Waals surface area contributed by atoms with E-state index in [2.05, 4.69) is 31.9 Å². The van der Waals surface area contributed by atoms with Gasteiger partial charge in [0, 0.05) is 30.6 Å². The Labute approximate surface area is 163 Å². The zero-order valence-electron chi connectivity index (χ0n) is 15.6. The highest BCUT2D eigenvalue weighted by Crippen LogP contribution is 2.49. The standard InChI is InChI=1S/C20H24N6O2/c21-16-8-17(24-20(22)23-16)26-9-13(12-1-2-14-15(7-12)28-10-27-14)19-18(26)11-3-5-25(19)6-4-11/h1-2,7-8,11,13,18-19H,3-6,9-10H2,(H4,21,22,23,24)/t13-,18+,19+/m0/s1. The largest absolute Gasteiger partial charge is 0.454 e. The number of hydrogen-bond acceptors (Lipinski definition) is 8. The van der Waals surface area contributed by atoms with Gasteiger partial charge < -0.3 is 25.8 Å². The maximum absolute atomic E-state index is 5.98. The fraction of sp³-hybridized carbons (Fsp3) is 0.500. The molecule has 28 heavy (non-hydrogen) atoms. The van der Waals surface area contributed by atoms with E-state index in [0.29, 0.717) is 36.5 Å². The van der Waals surface area contributed by atoms with Gasteiger partial charge >= 0.3 is 0 Å². The van der Waals surface area contributed by atoms with Crippen LogP contribution in [0.3, 0.4) is 0 Å². The lowest BCUT2D eigenvalue weighted by molar-refractivity contribution is 0.0354. The molecule has 146 valence electrons. The van der Waals surface area contributed by atoms with Gasteiger partial charge in [0.15, 0.2) is 11.5 Å². The average Bonchev–Trinajstić information content (AvgIpc) is 3.33. The van der Waals surface area contributed by atoms with Crippen LogP contribution in [0, 0.1) is 5.92 Å². The number of hydrogen-bond donors (Lipinski definition) is 2. The van der Waals surface area contributed by atoms with Crippen LogP contribution in [0.25, 0.3) is 0 Å². The van der Waals surface area contributed by atoms with Crippen molar-refractivity contribution in [1.82, 2.24) is 14.9 Å². The normalized spacial score (nSPS) is 32.6. The molecular formula is C20H24N6O2. The number of nitrogens with two attached hydrogens (primary N) is 2. The molecular weight excluding hydrogens is 356 g/mol. The number of fused-ring (bicyclic) bond motifs is 3. The zero-order chi connectivity index (χ0) is 18.8. The van der Waals surface area contributed by atoms with Crippen LogP contribution >= 0.6 is 0 Å². The second-order valence-corrected chi connectivity index (χ2v) is 8.24. The van der Waals surface area contributed by atoms with Crippen molar-refractivity contribution in [2.45, 2.75) is 30.8 Å². The lowest BCUT2D eigenvalue weighted by Crippen LogP contribution is -2.60. The van der Waals surface area contributed by atoms with Crippen LogP contribution in [-0.4, -0.2) is 53.4 Å². The molecule has 0 aliphatic carbocycles. The van der Waals surface area contributed by atoms with E-state index in [4.69, 9.17) is 20.9 Å². The van der Waals surface area contributed by atoms with Gasteiger partial charge in [-0.1, -0.05) is 6.07 Å². The summed E-state index contributed by atoms with van der Waals surface area (Å²) in [5.41, 5.74) is 13.2. The third-order valence-corrected chi connectivity index (χ3v) is 6.86. The molecule has 3 atom stereocenters. The summed E-state index contributed by atoms with van der Waals surface area (Å²) in [5.74, 6) is 4.23. The van der Waals surface area contributed by atoms with Crippen molar-refractivity contribution in [3.63, 3.8) is 0 Å². The molecule has 2 bridgehead atoms. The zero-order valence-corrected chi connectivity index (χ0v) is 15.6. The number of rotatable bonds is 2. The lowest BCUT2D eigenvalue weighted by Gasteiger charge is -2.51. The summed E-state index contributed by atoms with van der Waals surface area (Å²) >= 11 is 0. The van der Waals surface area contributed by atoms with E-state index in [9.17, 15) is 0 Å². The quantitative estimate of drug-likeness (QED) is 0.807. The first-order valence-electron chi connectivity index (χ1n) is 9.97. The minimum Gasteiger partial charge on any atom is -0.454 e. The molecule has 2 aromatic rings. The molecule has 4 fully saturated rings. The van der Waals surface area contributed by atoms with E-state index in [1.807, 2.05) is 12.1 Å². The first kappa shape index (κ1) is 16.2. The van der Waals surface area contributed by atoms with Crippen LogP contribution in [0.1, 0.15) is 24.3 Å². The molecule has 0 amide bonds. The Morgan fingerprint density at radius 3 is 2.61 bits per heavy atom. The minimum absolute atomic E-state index is 0.236. The first-order valence-corrected chi connectivity index (χ1v) is 9.97. The number of benzene rings is 1. The van der Waals surface area contributed by atoms with Crippen LogP contribution in [0.5, 0.6) is 11.5 Å². The number of ether oxygens (including phenoxy) is 2. The number of nitrogen functional groups attached to an aromatic ring is 2. The first-order chi connectivity index (χ1) is 13.7. The fourth-order valence-electron chi connectivity index (χ4n) is 5.74. The molecule has 0 saturated carbocycles. The van der Waals surface area contributed by atoms with Gasteiger partial charge in [0.05, 0.1) is 0 Å². The summed E-state index contributed by atoms with van der Waals surface area (Å²) in [6.45, 7) is 3.54. The van der Waals surface area contributed by atoms with Gasteiger partial charge in [-0.3, -0.25) is 4.90 Å². The van der Waals surface area contributed by atoms with Gasteiger partial charge in [-0.2, -0.15) is 9.97 Å². The van der Waals surface area contributed by atoms with Gasteiger partial charge in [0.1, 0.15) is 11.6 Å². The second-order valence-electron chi connectivity index (χ2n) is 8.24. The second kappa shape index (κ2) is 5.88. The van der Waals surface area contributed by atoms with Crippen LogP contribution in [0.15, 0.2) is 24.3 Å². The van der Waals surface area contributed by atoms with Crippen LogP contribution in [0.4, 0.5) is 17.6 Å². The Balaban J connectivity index is 1.42. The Morgan fingerprint density at radius 2 is 1.79 bits per heavy atom. The minimum atomic E-state index is 0.236. The third-order valence-electron chi connectivity index (χ3n) is 6.86. The summed E-state index contributed by atoms with van der Waals surface area (Å²) in [4.78, 5) is 13.7. The molecule has 6 heterocycles. The van der Waals surface area contributed by atoms with E-state index in [1.165, 1.54) is 31.5 Å². The molecule has 5 aliphatic rings.